The van der Waals surface area contributed by atoms with E-state index in [2.05, 4.69) is 0 Å². The molecule has 0 aliphatic heterocycles. The molecule has 0 unspecified atom stereocenters. The summed E-state index contributed by atoms with van der Waals surface area (Å²) in [5, 5.41) is 0. The molecule has 2 rings (SSSR count). The van der Waals surface area contributed by atoms with Crippen molar-refractivity contribution in [2.75, 3.05) is 0 Å². The topological polar surface area (TPSA) is 102 Å². The van der Waals surface area contributed by atoms with E-state index < -0.39 is 27.8 Å². The van der Waals surface area contributed by atoms with E-state index in [1.165, 1.54) is 13.8 Å². The van der Waals surface area contributed by atoms with Crippen molar-refractivity contribution in [2.45, 2.75) is 13.8 Å². The van der Waals surface area contributed by atoms with Crippen LogP contribution in [0.5, 0.6) is 0 Å². The van der Waals surface area contributed by atoms with Crippen LogP contribution < -0.4 is 0 Å². The van der Waals surface area contributed by atoms with Gasteiger partial charge in [-0.05, 0) is 13.8 Å². The molecule has 27 heavy (non-hydrogen) atoms. The second-order valence-electron chi connectivity index (χ2n) is 5.05. The molecular weight excluding hydrogens is 574 g/mol. The fraction of sp³-hybridized carbons (Fsp3) is 0.100. The standard InChI is InChI=1S/2C10H9O2.2O.U/c2*1-8(11)7-10(12)9-5-3-2-4-6-9;;;/h2*2-7H,1H3;;;/q2*-1;;;+2. The molecule has 0 fully saturated rings. The number of Topliss-reactive ketones (excluding diaryl/α,β-unsaturated/α-hetero) is 4. The zero-order valence-electron chi connectivity index (χ0n) is 14.9. The summed E-state index contributed by atoms with van der Waals surface area (Å²) in [5.74, 6) is -0.904. The number of hydrogen-bond acceptors (Lipinski definition) is 6. The van der Waals surface area contributed by atoms with Gasteiger partial charge in [0.25, 0.3) is 0 Å². The maximum absolute atomic E-state index is 11.2. The first kappa shape index (κ1) is 24.5. The molecule has 2 aromatic rings. The fourth-order valence-electron chi connectivity index (χ4n) is 1.74. The average Bonchev–Trinajstić information content (AvgIpc) is 2.63. The van der Waals surface area contributed by atoms with E-state index >= 15 is 0 Å². The molecular formula is C20H18O6U. The number of carbonyl (C=O) groups is 4. The van der Waals surface area contributed by atoms with Gasteiger partial charge in [-0.1, -0.05) is 36.4 Å². The van der Waals surface area contributed by atoms with Gasteiger partial charge < -0.3 is 19.2 Å². The molecule has 0 bridgehead atoms. The number of rotatable bonds is 6. The quantitative estimate of drug-likeness (QED) is 0.291. The minimum atomic E-state index is -2.51. The average molecular weight is 592 g/mol. The Kier molecular flexibility index (Phi) is 13.3. The van der Waals surface area contributed by atoms with Gasteiger partial charge in [0.2, 0.25) is 0 Å². The van der Waals surface area contributed by atoms with E-state index in [-0.39, 0.29) is 23.1 Å². The summed E-state index contributed by atoms with van der Waals surface area (Å²) in [6.45, 7) is 2.72. The van der Waals surface area contributed by atoms with Crippen LogP contribution in [0.25, 0.3) is 0 Å². The van der Waals surface area contributed by atoms with Gasteiger partial charge in [-0.2, -0.15) is 0 Å². The van der Waals surface area contributed by atoms with Crippen molar-refractivity contribution in [3.63, 3.8) is 0 Å². The third kappa shape index (κ3) is 12.5. The molecule has 0 saturated carbocycles. The van der Waals surface area contributed by atoms with E-state index in [1.807, 2.05) is 12.1 Å². The Morgan fingerprint density at radius 2 is 0.889 bits per heavy atom. The fourth-order valence-corrected chi connectivity index (χ4v) is 1.74. The predicted molar refractivity (Wildman–Crippen MR) is 92.9 cm³/mol. The molecule has 0 aromatic heterocycles. The van der Waals surface area contributed by atoms with E-state index in [0.717, 1.165) is 12.8 Å². The van der Waals surface area contributed by atoms with Crippen molar-refractivity contribution in [2.24, 2.45) is 0 Å². The Morgan fingerprint density at radius 1 is 0.630 bits per heavy atom. The summed E-state index contributed by atoms with van der Waals surface area (Å²) in [6, 6.07) is 17.4. The van der Waals surface area contributed by atoms with Crippen LogP contribution in [0.1, 0.15) is 34.6 Å². The predicted octanol–water partition coefficient (Wildman–Crippen LogP) is 3.09. The van der Waals surface area contributed by atoms with Gasteiger partial charge >= 0.3 is 32.3 Å². The Balaban J connectivity index is 0.000000438. The Morgan fingerprint density at radius 3 is 1.11 bits per heavy atom. The molecule has 0 N–H and O–H groups in total. The van der Waals surface area contributed by atoms with Gasteiger partial charge in [0, 0.05) is 11.6 Å². The molecule has 0 radical (unpaired) electrons. The molecule has 0 saturated heterocycles. The van der Waals surface area contributed by atoms with Crippen LogP contribution in [0.4, 0.5) is 0 Å². The van der Waals surface area contributed by atoms with Crippen molar-refractivity contribution >= 4 is 23.1 Å². The zero-order chi connectivity index (χ0) is 20.7. The van der Waals surface area contributed by atoms with Crippen LogP contribution in [0, 0.1) is 40.7 Å². The minimum absolute atomic E-state index is 0.219. The molecule has 0 atom stereocenters. The van der Waals surface area contributed by atoms with Gasteiger partial charge in [-0.15, -0.1) is 48.2 Å². The zero-order valence-corrected chi connectivity index (χ0v) is 19.0. The second-order valence-corrected chi connectivity index (χ2v) is 5.75. The number of hydrogen-bond donors (Lipinski definition) is 0. The molecule has 0 amide bonds. The maximum atomic E-state index is 11.2. The number of benzene rings is 2. The van der Waals surface area contributed by atoms with Crippen LogP contribution >= 0.6 is 0 Å². The summed E-state index contributed by atoms with van der Waals surface area (Å²) in [5.41, 5.74) is 1.10. The number of carbonyl (C=O) groups excluding carboxylic acids is 4. The van der Waals surface area contributed by atoms with Crippen LogP contribution in [-0.4, -0.2) is 23.1 Å². The summed E-state index contributed by atoms with van der Waals surface area (Å²) in [6.07, 6.45) is 2.19. The van der Waals surface area contributed by atoms with Crippen molar-refractivity contribution < 1.29 is 51.5 Å². The molecule has 138 valence electrons. The van der Waals surface area contributed by atoms with E-state index in [1.54, 1.807) is 48.5 Å². The van der Waals surface area contributed by atoms with Gasteiger partial charge in [-0.3, -0.25) is 0 Å². The van der Waals surface area contributed by atoms with Crippen molar-refractivity contribution in [3.8, 4) is 0 Å². The molecule has 2 aromatic carbocycles. The first-order valence-corrected chi connectivity index (χ1v) is 11.1. The summed E-state index contributed by atoms with van der Waals surface area (Å²) < 4.78 is 17.2. The van der Waals surface area contributed by atoms with Crippen LogP contribution in [0.3, 0.4) is 0 Å². The summed E-state index contributed by atoms with van der Waals surface area (Å²) in [7, 11) is 0. The molecule has 6 nitrogen and oxygen atoms in total. The van der Waals surface area contributed by atoms with Crippen LogP contribution in [-0.2, 0) is 14.1 Å². The van der Waals surface area contributed by atoms with Crippen molar-refractivity contribution in [3.05, 3.63) is 84.6 Å². The summed E-state index contributed by atoms with van der Waals surface area (Å²) in [4.78, 5) is 43.5. The van der Waals surface area contributed by atoms with Gasteiger partial charge in [0.05, 0.1) is 11.6 Å². The van der Waals surface area contributed by atoms with Crippen LogP contribution in [0.15, 0.2) is 60.7 Å². The van der Waals surface area contributed by atoms with E-state index in [0.29, 0.717) is 11.1 Å². The second kappa shape index (κ2) is 14.7. The molecule has 0 heterocycles. The van der Waals surface area contributed by atoms with Crippen LogP contribution in [0.2, 0.25) is 0 Å². The first-order chi connectivity index (χ1) is 12.8. The Bertz CT molecular complexity index is 730. The van der Waals surface area contributed by atoms with E-state index in [4.69, 9.17) is 4.47 Å². The van der Waals surface area contributed by atoms with Gasteiger partial charge in [0.15, 0.2) is 0 Å². The molecule has 0 aliphatic carbocycles. The van der Waals surface area contributed by atoms with Gasteiger partial charge in [0.1, 0.15) is 0 Å². The van der Waals surface area contributed by atoms with Gasteiger partial charge in [-0.25, -0.2) is 0 Å². The van der Waals surface area contributed by atoms with Crippen molar-refractivity contribution in [1.82, 2.24) is 0 Å². The SMILES string of the molecule is CC(=O)[CH-]C(=O)c1ccccc1.CC(=O)[CH-]C(=O)c1ccccc1.[O]=[U+2]=[O]. The number of ketones is 4. The summed E-state index contributed by atoms with van der Waals surface area (Å²) >= 11 is -2.51. The molecule has 0 spiro atoms. The van der Waals surface area contributed by atoms with E-state index in [9.17, 15) is 19.2 Å². The molecule has 0 aliphatic rings. The first-order valence-electron chi connectivity index (χ1n) is 7.70. The third-order valence-corrected chi connectivity index (χ3v) is 2.79. The monoisotopic (exact) mass is 592 g/mol. The van der Waals surface area contributed by atoms with Crippen molar-refractivity contribution in [1.29, 1.82) is 0 Å². The Labute approximate surface area is 172 Å². The molecule has 7 heteroatoms. The Hall–Kier alpha value is -2.49. The third-order valence-electron chi connectivity index (χ3n) is 2.79. The normalized spacial score (nSPS) is 8.37.